The van der Waals surface area contributed by atoms with Gasteiger partial charge in [-0.1, -0.05) is 24.3 Å². The lowest BCUT2D eigenvalue weighted by atomic mass is 9.76. The number of hydrogen-bond acceptors (Lipinski definition) is 9. The molecule has 0 amide bonds. The molecule has 6 rings (SSSR count). The lowest BCUT2D eigenvalue weighted by Gasteiger charge is -2.39. The molecule has 0 bridgehead atoms. The number of nitrogen functional groups attached to an aromatic ring is 1. The number of hydrogen-bond donors (Lipinski definition) is 4. The molecule has 4 aromatic rings. The zero-order valence-electron chi connectivity index (χ0n) is 26.4. The van der Waals surface area contributed by atoms with Crippen LogP contribution in [0.4, 0.5) is 24.9 Å². The number of carbonyl (C=O) groups is 2. The van der Waals surface area contributed by atoms with E-state index in [2.05, 4.69) is 20.4 Å². The maximum Gasteiger partial charge on any atom is 0.429 e. The van der Waals surface area contributed by atoms with Crippen LogP contribution >= 0.6 is 0 Å². The van der Waals surface area contributed by atoms with E-state index >= 15 is 13.2 Å². The number of benzene rings is 2. The van der Waals surface area contributed by atoms with Crippen LogP contribution in [-0.2, 0) is 9.59 Å². The number of ether oxygens (including phenoxy) is 1. The average molecular weight is 678 g/mol. The van der Waals surface area contributed by atoms with Gasteiger partial charge in [0, 0.05) is 43.5 Å². The summed E-state index contributed by atoms with van der Waals surface area (Å²) in [5, 5.41) is 25.8. The molecule has 0 aliphatic carbocycles. The van der Waals surface area contributed by atoms with Crippen molar-refractivity contribution in [3.05, 3.63) is 83.7 Å². The minimum absolute atomic E-state index is 0.134. The number of piperidine rings is 1. The maximum absolute atomic E-state index is 15.0. The van der Waals surface area contributed by atoms with Crippen LogP contribution in [-0.4, -0.2) is 73.8 Å². The first-order valence-corrected chi connectivity index (χ1v) is 15.6. The minimum atomic E-state index is -4.91. The summed E-state index contributed by atoms with van der Waals surface area (Å²) in [6.45, 7) is 3.29. The molecular formula is C34H34F3N7O5. The monoisotopic (exact) mass is 677 g/mol. The lowest BCUT2D eigenvalue weighted by Crippen LogP contribution is -2.41. The molecule has 2 aromatic carbocycles. The Balaban J connectivity index is 1.33. The summed E-state index contributed by atoms with van der Waals surface area (Å²) in [5.74, 6) is -2.34. The van der Waals surface area contributed by atoms with Gasteiger partial charge in [0.25, 0.3) is 0 Å². The fraction of sp³-hybridized carbons (Fsp3) is 0.324. The normalized spacial score (nSPS) is 18.2. The molecule has 256 valence electrons. The average Bonchev–Trinajstić information content (AvgIpc) is 3.68. The molecule has 12 nitrogen and oxygen atoms in total. The molecule has 2 aromatic heterocycles. The van der Waals surface area contributed by atoms with E-state index in [4.69, 9.17) is 15.6 Å². The number of aromatic nitrogens is 4. The SMILES string of the molecule is Cc1ccn(-c2ccc(-c3cccc(C=CC(=O)O)c3)cc2[C@@H](Oc2cc(N3CCC4(CC3)CN[C@H](C(=O)O)C4)nc(N)n2)C(F)(F)F)n1. The van der Waals surface area contributed by atoms with Gasteiger partial charge in [0.05, 0.1) is 11.4 Å². The third kappa shape index (κ3) is 7.51. The van der Waals surface area contributed by atoms with E-state index in [9.17, 15) is 14.7 Å². The van der Waals surface area contributed by atoms with Crippen LogP contribution in [0.1, 0.15) is 42.2 Å². The maximum atomic E-state index is 15.0. The molecule has 49 heavy (non-hydrogen) atoms. The number of carboxylic acids is 2. The number of rotatable bonds is 9. The first-order valence-electron chi connectivity index (χ1n) is 15.6. The van der Waals surface area contributed by atoms with E-state index in [1.807, 2.05) is 4.90 Å². The van der Waals surface area contributed by atoms with Crippen LogP contribution in [0.15, 0.2) is 66.9 Å². The zero-order valence-corrected chi connectivity index (χ0v) is 26.4. The number of anilines is 2. The smallest absolute Gasteiger partial charge is 0.429 e. The van der Waals surface area contributed by atoms with Gasteiger partial charge in [0.1, 0.15) is 11.9 Å². The molecule has 2 fully saturated rings. The first-order chi connectivity index (χ1) is 23.3. The van der Waals surface area contributed by atoms with Crippen molar-refractivity contribution in [2.75, 3.05) is 30.3 Å². The summed E-state index contributed by atoms with van der Waals surface area (Å²) in [5.41, 5.74) is 7.85. The third-order valence-corrected chi connectivity index (χ3v) is 8.97. The van der Waals surface area contributed by atoms with Gasteiger partial charge >= 0.3 is 18.1 Å². The van der Waals surface area contributed by atoms with Gasteiger partial charge in [-0.05, 0) is 78.6 Å². The number of halogens is 3. The van der Waals surface area contributed by atoms with E-state index < -0.39 is 30.3 Å². The molecule has 0 saturated carbocycles. The predicted octanol–water partition coefficient (Wildman–Crippen LogP) is 5.03. The fourth-order valence-corrected chi connectivity index (χ4v) is 6.45. The van der Waals surface area contributed by atoms with Crippen LogP contribution in [0, 0.1) is 12.3 Å². The highest BCUT2D eigenvalue weighted by molar-refractivity contribution is 5.85. The number of nitrogens with one attached hydrogen (secondary N) is 1. The van der Waals surface area contributed by atoms with Crippen LogP contribution in [0.5, 0.6) is 5.88 Å². The van der Waals surface area contributed by atoms with Gasteiger partial charge in [-0.15, -0.1) is 0 Å². The third-order valence-electron chi connectivity index (χ3n) is 8.97. The second kappa shape index (κ2) is 13.2. The van der Waals surface area contributed by atoms with Crippen LogP contribution < -0.4 is 20.7 Å². The molecule has 5 N–H and O–H groups in total. The second-order valence-corrected chi connectivity index (χ2v) is 12.4. The van der Waals surface area contributed by atoms with Crippen LogP contribution in [0.2, 0.25) is 0 Å². The molecule has 2 aliphatic rings. The number of alkyl halides is 3. The Morgan fingerprint density at radius 3 is 2.49 bits per heavy atom. The van der Waals surface area contributed by atoms with Gasteiger partial charge in [-0.2, -0.15) is 28.2 Å². The van der Waals surface area contributed by atoms with E-state index in [0.29, 0.717) is 67.1 Å². The number of aryl methyl sites for hydroxylation is 1. The Bertz CT molecular complexity index is 1900. The van der Waals surface area contributed by atoms with Crippen molar-refractivity contribution in [2.45, 2.75) is 44.5 Å². The molecular weight excluding hydrogens is 643 g/mol. The number of nitrogens with two attached hydrogens (primary N) is 1. The van der Waals surface area contributed by atoms with Gasteiger partial charge in [0.2, 0.25) is 17.9 Å². The highest BCUT2D eigenvalue weighted by Crippen LogP contribution is 2.43. The topological polar surface area (TPSA) is 169 Å². The standard InChI is InChI=1S/C34H34F3N7O5/c1-20-9-12-44(42-20)26-7-6-23(22-4-2-3-21(15-22)5-8-29(45)46)16-24(26)30(34(35,36)37)49-28-17-27(40-32(38)41-28)43-13-10-33(11-14-43)18-25(31(47)48)39-19-33/h2-9,12,15-17,25,30,39H,10-11,13-14,18-19H2,1H3,(H,45,46)(H,47,48)(H2,38,40,41)/t25-,30+/m0/s1. The molecule has 0 unspecified atom stereocenters. The summed E-state index contributed by atoms with van der Waals surface area (Å²) >= 11 is 0. The van der Waals surface area contributed by atoms with Crippen molar-refractivity contribution in [1.82, 2.24) is 25.1 Å². The summed E-state index contributed by atoms with van der Waals surface area (Å²) in [7, 11) is 0. The van der Waals surface area contributed by atoms with E-state index in [0.717, 1.165) is 6.08 Å². The van der Waals surface area contributed by atoms with Gasteiger partial charge in [-0.25, -0.2) is 9.48 Å². The van der Waals surface area contributed by atoms with Crippen molar-refractivity contribution in [1.29, 1.82) is 0 Å². The molecule has 2 atom stereocenters. The molecule has 4 heterocycles. The number of nitrogens with zero attached hydrogens (tertiary/aromatic N) is 5. The van der Waals surface area contributed by atoms with Crippen molar-refractivity contribution in [3.63, 3.8) is 0 Å². The molecule has 0 radical (unpaired) electrons. The Labute approximate surface area is 279 Å². The van der Waals surface area contributed by atoms with Gasteiger partial charge in [-0.3, -0.25) is 4.79 Å². The first kappa shape index (κ1) is 33.5. The van der Waals surface area contributed by atoms with E-state index in [1.54, 1.807) is 49.5 Å². The van der Waals surface area contributed by atoms with Crippen molar-refractivity contribution in [3.8, 4) is 22.7 Å². The molecule has 2 saturated heterocycles. The van der Waals surface area contributed by atoms with Crippen molar-refractivity contribution < 1.29 is 37.7 Å². The van der Waals surface area contributed by atoms with Crippen molar-refractivity contribution >= 4 is 29.8 Å². The van der Waals surface area contributed by atoms with Crippen LogP contribution in [0.3, 0.4) is 0 Å². The Hall–Kier alpha value is -5.44. The Morgan fingerprint density at radius 2 is 1.84 bits per heavy atom. The van der Waals surface area contributed by atoms with Crippen molar-refractivity contribution in [2.24, 2.45) is 5.41 Å². The van der Waals surface area contributed by atoms with E-state index in [1.165, 1.54) is 29.0 Å². The zero-order chi connectivity index (χ0) is 34.9. The highest BCUT2D eigenvalue weighted by Gasteiger charge is 2.46. The van der Waals surface area contributed by atoms with Gasteiger partial charge < -0.3 is 30.9 Å². The summed E-state index contributed by atoms with van der Waals surface area (Å²) in [4.78, 5) is 32.7. The largest absolute Gasteiger partial charge is 0.480 e. The summed E-state index contributed by atoms with van der Waals surface area (Å²) in [6, 6.07) is 13.7. The second-order valence-electron chi connectivity index (χ2n) is 12.4. The van der Waals surface area contributed by atoms with E-state index in [-0.39, 0.29) is 28.5 Å². The number of carboxylic acid groups (broad SMARTS) is 2. The minimum Gasteiger partial charge on any atom is -0.480 e. The fourth-order valence-electron chi connectivity index (χ4n) is 6.45. The molecule has 1 spiro atoms. The molecule has 2 aliphatic heterocycles. The summed E-state index contributed by atoms with van der Waals surface area (Å²) < 4.78 is 52.1. The highest BCUT2D eigenvalue weighted by atomic mass is 19.4. The van der Waals surface area contributed by atoms with Gasteiger partial charge in [0.15, 0.2) is 0 Å². The Kier molecular flexibility index (Phi) is 9.03. The Morgan fingerprint density at radius 1 is 1.08 bits per heavy atom. The van der Waals surface area contributed by atoms with Crippen LogP contribution in [0.25, 0.3) is 22.9 Å². The molecule has 15 heteroatoms. The predicted molar refractivity (Wildman–Crippen MR) is 174 cm³/mol. The summed E-state index contributed by atoms with van der Waals surface area (Å²) in [6.07, 6.45) is -1.63. The lowest BCUT2D eigenvalue weighted by molar-refractivity contribution is -0.198. The number of aliphatic carboxylic acids is 2. The quantitative estimate of drug-likeness (QED) is 0.175.